The number of halogens is 4. The molecule has 1 fully saturated rings. The third-order valence-electron chi connectivity index (χ3n) is 3.59. The molecular weight excluding hydrogens is 315 g/mol. The van der Waals surface area contributed by atoms with Gasteiger partial charge in [0.05, 0.1) is 0 Å². The van der Waals surface area contributed by atoms with E-state index in [1.807, 2.05) is 0 Å². The summed E-state index contributed by atoms with van der Waals surface area (Å²) in [6.07, 6.45) is -0.396. The maximum atomic E-state index is 13.4. The van der Waals surface area contributed by atoms with E-state index in [1.165, 1.54) is 30.3 Å². The Hall–Kier alpha value is -1.72. The van der Waals surface area contributed by atoms with Gasteiger partial charge in [-0.25, -0.2) is 13.2 Å². The molecule has 6 heteroatoms. The fourth-order valence-electron chi connectivity index (χ4n) is 2.31. The van der Waals surface area contributed by atoms with Crippen LogP contribution in [0.15, 0.2) is 42.5 Å². The highest BCUT2D eigenvalue weighted by Crippen LogP contribution is 2.31. The van der Waals surface area contributed by atoms with E-state index in [0.717, 1.165) is 25.2 Å². The second kappa shape index (κ2) is 7.03. The van der Waals surface area contributed by atoms with Crippen LogP contribution in [0.25, 0.3) is 0 Å². The van der Waals surface area contributed by atoms with E-state index in [1.54, 1.807) is 0 Å². The van der Waals surface area contributed by atoms with Crippen molar-refractivity contribution in [3.05, 3.63) is 65.5 Å². The van der Waals surface area contributed by atoms with Gasteiger partial charge in [0.2, 0.25) is 0 Å². The van der Waals surface area contributed by atoms with Crippen molar-refractivity contribution in [2.24, 2.45) is 5.92 Å². The van der Waals surface area contributed by atoms with Crippen molar-refractivity contribution < 1.29 is 17.9 Å². The summed E-state index contributed by atoms with van der Waals surface area (Å²) in [5, 5.41) is 3.12. The Bertz CT molecular complexity index is 632. The molecule has 0 aromatic heterocycles. The van der Waals surface area contributed by atoms with Gasteiger partial charge in [-0.1, -0.05) is 6.07 Å². The second-order valence-corrected chi connectivity index (χ2v) is 5.08. The summed E-state index contributed by atoms with van der Waals surface area (Å²) in [5.74, 6) is -1.46. The maximum Gasteiger partial charge on any atom is 0.159 e. The van der Waals surface area contributed by atoms with Gasteiger partial charge < -0.3 is 10.1 Å². The molecule has 1 aliphatic rings. The molecule has 118 valence electrons. The number of nitrogens with one attached hydrogen (secondary N) is 1. The monoisotopic (exact) mass is 329 g/mol. The molecule has 22 heavy (non-hydrogen) atoms. The van der Waals surface area contributed by atoms with Gasteiger partial charge in [0.15, 0.2) is 11.6 Å². The summed E-state index contributed by atoms with van der Waals surface area (Å²) in [6, 6.07) is 9.42. The van der Waals surface area contributed by atoms with Gasteiger partial charge in [-0.2, -0.15) is 0 Å². The van der Waals surface area contributed by atoms with Crippen LogP contribution in [0, 0.1) is 23.4 Å². The Labute approximate surface area is 132 Å². The molecule has 0 amide bonds. The first-order valence-electron chi connectivity index (χ1n) is 6.71. The Morgan fingerprint density at radius 1 is 0.955 bits per heavy atom. The van der Waals surface area contributed by atoms with Crippen LogP contribution in [0.3, 0.4) is 0 Å². The number of ether oxygens (including phenoxy) is 1. The Balaban J connectivity index is 0.00000176. The predicted octanol–water partition coefficient (Wildman–Crippen LogP) is 3.87. The Morgan fingerprint density at radius 3 is 2.18 bits per heavy atom. The Kier molecular flexibility index (Phi) is 5.32. The molecule has 2 aromatic rings. The fourth-order valence-corrected chi connectivity index (χ4v) is 2.31. The zero-order valence-electron chi connectivity index (χ0n) is 11.6. The van der Waals surface area contributed by atoms with Crippen molar-refractivity contribution >= 4 is 12.4 Å². The van der Waals surface area contributed by atoms with Gasteiger partial charge in [-0.15, -0.1) is 12.4 Å². The van der Waals surface area contributed by atoms with Crippen LogP contribution in [-0.4, -0.2) is 13.1 Å². The molecule has 0 bridgehead atoms. The lowest BCUT2D eigenvalue weighted by atomic mass is 9.90. The normalized spacial score (nSPS) is 15.6. The average molecular weight is 330 g/mol. The molecule has 1 atom stereocenters. The van der Waals surface area contributed by atoms with E-state index in [9.17, 15) is 13.2 Å². The molecule has 0 saturated carbocycles. The number of hydrogen-bond acceptors (Lipinski definition) is 2. The molecular formula is C16H15ClF3NO. The average Bonchev–Trinajstić information content (AvgIpc) is 2.41. The predicted molar refractivity (Wildman–Crippen MR) is 79.7 cm³/mol. The zero-order chi connectivity index (χ0) is 14.8. The van der Waals surface area contributed by atoms with Crippen LogP contribution in [0.4, 0.5) is 13.2 Å². The van der Waals surface area contributed by atoms with E-state index in [4.69, 9.17) is 4.74 Å². The van der Waals surface area contributed by atoms with Crippen molar-refractivity contribution in [3.8, 4) is 5.75 Å². The summed E-state index contributed by atoms with van der Waals surface area (Å²) >= 11 is 0. The lowest BCUT2D eigenvalue weighted by Crippen LogP contribution is -2.46. The number of rotatable bonds is 4. The van der Waals surface area contributed by atoms with E-state index in [0.29, 0.717) is 11.3 Å². The van der Waals surface area contributed by atoms with Crippen molar-refractivity contribution in [1.29, 1.82) is 0 Å². The molecule has 0 radical (unpaired) electrons. The quantitative estimate of drug-likeness (QED) is 0.919. The lowest BCUT2D eigenvalue weighted by molar-refractivity contribution is 0.0988. The second-order valence-electron chi connectivity index (χ2n) is 5.08. The lowest BCUT2D eigenvalue weighted by Gasteiger charge is -2.35. The van der Waals surface area contributed by atoms with E-state index < -0.39 is 17.7 Å². The third-order valence-corrected chi connectivity index (χ3v) is 3.59. The van der Waals surface area contributed by atoms with Crippen molar-refractivity contribution in [3.63, 3.8) is 0 Å². The molecule has 0 aliphatic carbocycles. The highest BCUT2D eigenvalue weighted by molar-refractivity contribution is 5.85. The first-order chi connectivity index (χ1) is 10.1. The highest BCUT2D eigenvalue weighted by Gasteiger charge is 2.30. The standard InChI is InChI=1S/C16H14F3NO.ClH/c17-12-2-4-13(5-3-12)21-16(11-8-20-9-11)10-1-6-14(18)15(19)7-10;/h1-7,11,16,20H,8-9H2;1H. The molecule has 1 unspecified atom stereocenters. The Morgan fingerprint density at radius 2 is 1.64 bits per heavy atom. The van der Waals surface area contributed by atoms with Gasteiger partial charge >= 0.3 is 0 Å². The third kappa shape index (κ3) is 3.54. The zero-order valence-corrected chi connectivity index (χ0v) is 12.4. The van der Waals surface area contributed by atoms with Gasteiger partial charge in [0.1, 0.15) is 17.7 Å². The van der Waals surface area contributed by atoms with Crippen molar-refractivity contribution in [1.82, 2.24) is 5.32 Å². The minimum Gasteiger partial charge on any atom is -0.485 e. The SMILES string of the molecule is Cl.Fc1ccc(OC(c2ccc(F)c(F)c2)C2CNC2)cc1. The summed E-state index contributed by atoms with van der Waals surface area (Å²) in [7, 11) is 0. The minimum absolute atomic E-state index is 0. The van der Waals surface area contributed by atoms with E-state index in [2.05, 4.69) is 5.32 Å². The number of benzene rings is 2. The molecule has 2 aromatic carbocycles. The van der Waals surface area contributed by atoms with Gasteiger partial charge in [-0.05, 0) is 42.0 Å². The van der Waals surface area contributed by atoms with Crippen molar-refractivity contribution in [2.75, 3.05) is 13.1 Å². The van der Waals surface area contributed by atoms with Gasteiger partial charge in [0.25, 0.3) is 0 Å². The summed E-state index contributed by atoms with van der Waals surface area (Å²) < 4.78 is 45.3. The molecule has 1 aliphatic heterocycles. The van der Waals surface area contributed by atoms with Gasteiger partial charge in [-0.3, -0.25) is 0 Å². The van der Waals surface area contributed by atoms with Crippen LogP contribution in [0.1, 0.15) is 11.7 Å². The highest BCUT2D eigenvalue weighted by atomic mass is 35.5. The maximum absolute atomic E-state index is 13.4. The van der Waals surface area contributed by atoms with Crippen LogP contribution in [0.2, 0.25) is 0 Å². The molecule has 1 saturated heterocycles. The minimum atomic E-state index is -0.896. The topological polar surface area (TPSA) is 21.3 Å². The summed E-state index contributed by atoms with van der Waals surface area (Å²) in [5.41, 5.74) is 0.574. The first-order valence-corrected chi connectivity index (χ1v) is 6.71. The molecule has 1 heterocycles. The summed E-state index contributed by atoms with van der Waals surface area (Å²) in [4.78, 5) is 0. The molecule has 0 spiro atoms. The largest absolute Gasteiger partial charge is 0.485 e. The van der Waals surface area contributed by atoms with Crippen LogP contribution < -0.4 is 10.1 Å². The number of hydrogen-bond donors (Lipinski definition) is 1. The fraction of sp³-hybridized carbons (Fsp3) is 0.250. The van der Waals surface area contributed by atoms with Gasteiger partial charge in [0, 0.05) is 19.0 Å². The van der Waals surface area contributed by atoms with E-state index >= 15 is 0 Å². The van der Waals surface area contributed by atoms with Crippen molar-refractivity contribution in [2.45, 2.75) is 6.10 Å². The summed E-state index contributed by atoms with van der Waals surface area (Å²) in [6.45, 7) is 1.48. The molecule has 3 rings (SSSR count). The van der Waals surface area contributed by atoms with Crippen LogP contribution in [-0.2, 0) is 0 Å². The first kappa shape index (κ1) is 16.6. The van der Waals surface area contributed by atoms with E-state index in [-0.39, 0.29) is 24.1 Å². The van der Waals surface area contributed by atoms with Crippen LogP contribution in [0.5, 0.6) is 5.75 Å². The molecule has 2 nitrogen and oxygen atoms in total. The smallest absolute Gasteiger partial charge is 0.159 e. The van der Waals surface area contributed by atoms with Crippen LogP contribution >= 0.6 is 12.4 Å². The molecule has 1 N–H and O–H groups in total.